The van der Waals surface area contributed by atoms with Gasteiger partial charge in [-0.15, -0.1) is 0 Å². The smallest absolute Gasteiger partial charge is 0.452 e. The quantitative estimate of drug-likeness (QED) is 0.509. The molecule has 0 fully saturated rings. The Morgan fingerprint density at radius 2 is 2.00 bits per heavy atom. The van der Waals surface area contributed by atoms with Crippen molar-refractivity contribution in [3.05, 3.63) is 24.0 Å². The van der Waals surface area contributed by atoms with E-state index in [1.54, 1.807) is 0 Å². The van der Waals surface area contributed by atoms with Crippen LogP contribution in [0.15, 0.2) is 18.2 Å². The van der Waals surface area contributed by atoms with E-state index in [9.17, 15) is 17.6 Å². The van der Waals surface area contributed by atoms with E-state index < -0.39 is 24.0 Å². The second kappa shape index (κ2) is 5.22. The molecule has 0 bridgehead atoms. The van der Waals surface area contributed by atoms with Crippen LogP contribution in [0.25, 0.3) is 0 Å². The minimum atomic E-state index is -4.71. The molecule has 0 saturated carbocycles. The van der Waals surface area contributed by atoms with Gasteiger partial charge in [-0.1, -0.05) is 0 Å². The predicted molar refractivity (Wildman–Crippen MR) is 52.9 cm³/mol. The minimum Gasteiger partial charge on any atom is -0.453 e. The van der Waals surface area contributed by atoms with E-state index in [0.29, 0.717) is 0 Å². The van der Waals surface area contributed by atoms with Crippen LogP contribution in [0.4, 0.5) is 23.2 Å². The van der Waals surface area contributed by atoms with Gasteiger partial charge in [0.25, 0.3) is 6.29 Å². The predicted octanol–water partition coefficient (Wildman–Crippen LogP) is 2.71. The summed E-state index contributed by atoms with van der Waals surface area (Å²) in [4.78, 5) is 0. The zero-order chi connectivity index (χ0) is 13.1. The van der Waals surface area contributed by atoms with Crippen LogP contribution in [0, 0.1) is 5.82 Å². The van der Waals surface area contributed by atoms with Gasteiger partial charge in [0.05, 0.1) is 5.69 Å². The van der Waals surface area contributed by atoms with Crippen LogP contribution in [-0.2, 0) is 4.74 Å². The molecule has 96 valence electrons. The third-order valence-electron chi connectivity index (χ3n) is 1.79. The maximum Gasteiger partial charge on any atom is 0.452 e. The first kappa shape index (κ1) is 13.6. The van der Waals surface area contributed by atoms with Crippen LogP contribution in [0.3, 0.4) is 0 Å². The van der Waals surface area contributed by atoms with Crippen molar-refractivity contribution in [2.24, 2.45) is 0 Å². The van der Waals surface area contributed by atoms with E-state index in [4.69, 9.17) is 5.73 Å². The summed E-state index contributed by atoms with van der Waals surface area (Å²) >= 11 is 0. The van der Waals surface area contributed by atoms with Crippen LogP contribution < -0.4 is 10.5 Å². The van der Waals surface area contributed by atoms with Crippen LogP contribution in [0.5, 0.6) is 5.75 Å². The molecule has 0 spiro atoms. The van der Waals surface area contributed by atoms with Crippen molar-refractivity contribution in [2.75, 3.05) is 12.3 Å². The highest BCUT2D eigenvalue weighted by Gasteiger charge is 2.43. The van der Waals surface area contributed by atoms with Crippen LogP contribution in [0.1, 0.15) is 6.92 Å². The monoisotopic (exact) mass is 253 g/mol. The molecule has 0 amide bonds. The molecule has 0 heterocycles. The number of halogens is 4. The third-order valence-corrected chi connectivity index (χ3v) is 1.79. The maximum absolute atomic E-state index is 12.8. The highest BCUT2D eigenvalue weighted by atomic mass is 19.4. The normalized spacial score (nSPS) is 13.5. The first-order chi connectivity index (χ1) is 7.84. The summed E-state index contributed by atoms with van der Waals surface area (Å²) in [5.41, 5.74) is 5.27. The number of anilines is 1. The second-order valence-electron chi connectivity index (χ2n) is 3.13. The van der Waals surface area contributed by atoms with Gasteiger partial charge in [-0.05, 0) is 19.1 Å². The summed E-state index contributed by atoms with van der Waals surface area (Å²) in [5.74, 6) is -1.15. The average Bonchev–Trinajstić information content (AvgIpc) is 2.21. The SMILES string of the molecule is CCO[C@H](Oc1cc(F)ccc1N)C(F)(F)F. The fraction of sp³-hybridized carbons (Fsp3) is 0.400. The van der Waals surface area contributed by atoms with Crippen molar-refractivity contribution in [1.29, 1.82) is 0 Å². The summed E-state index contributed by atoms with van der Waals surface area (Å²) < 4.78 is 59.0. The van der Waals surface area contributed by atoms with E-state index in [1.165, 1.54) is 6.92 Å². The Morgan fingerprint density at radius 3 is 2.53 bits per heavy atom. The second-order valence-corrected chi connectivity index (χ2v) is 3.13. The van der Waals surface area contributed by atoms with Gasteiger partial charge in [0, 0.05) is 12.7 Å². The maximum atomic E-state index is 12.8. The lowest BCUT2D eigenvalue weighted by molar-refractivity contribution is -0.281. The van der Waals surface area contributed by atoms with Gasteiger partial charge in [-0.25, -0.2) is 4.39 Å². The average molecular weight is 253 g/mol. The lowest BCUT2D eigenvalue weighted by Crippen LogP contribution is -2.37. The van der Waals surface area contributed by atoms with Gasteiger partial charge < -0.3 is 15.2 Å². The van der Waals surface area contributed by atoms with Gasteiger partial charge in [0.1, 0.15) is 11.6 Å². The molecule has 0 aromatic heterocycles. The van der Waals surface area contributed by atoms with E-state index in [-0.39, 0.29) is 12.3 Å². The number of hydrogen-bond acceptors (Lipinski definition) is 3. The number of ether oxygens (including phenoxy) is 2. The number of nitrogen functional groups attached to an aromatic ring is 1. The molecule has 1 atom stereocenters. The van der Waals surface area contributed by atoms with Crippen molar-refractivity contribution in [3.8, 4) is 5.75 Å². The van der Waals surface area contributed by atoms with E-state index in [0.717, 1.165) is 18.2 Å². The first-order valence-electron chi connectivity index (χ1n) is 4.74. The zero-order valence-electron chi connectivity index (χ0n) is 8.92. The summed E-state index contributed by atoms with van der Waals surface area (Å²) in [5, 5.41) is 0. The Hall–Kier alpha value is -1.50. The summed E-state index contributed by atoms with van der Waals surface area (Å²) in [6, 6.07) is 2.91. The largest absolute Gasteiger partial charge is 0.453 e. The molecule has 1 aromatic carbocycles. The number of alkyl halides is 3. The lowest BCUT2D eigenvalue weighted by Gasteiger charge is -2.21. The topological polar surface area (TPSA) is 44.5 Å². The van der Waals surface area contributed by atoms with Crippen molar-refractivity contribution >= 4 is 5.69 Å². The highest BCUT2D eigenvalue weighted by molar-refractivity contribution is 5.52. The Morgan fingerprint density at radius 1 is 1.35 bits per heavy atom. The molecule has 17 heavy (non-hydrogen) atoms. The third kappa shape index (κ3) is 3.77. The fourth-order valence-corrected chi connectivity index (χ4v) is 1.07. The number of benzene rings is 1. The molecule has 0 aliphatic rings. The van der Waals surface area contributed by atoms with Crippen molar-refractivity contribution < 1.29 is 27.0 Å². The molecule has 3 nitrogen and oxygen atoms in total. The molecule has 0 radical (unpaired) electrons. The molecular formula is C10H11F4NO2. The number of nitrogens with two attached hydrogens (primary N) is 1. The van der Waals surface area contributed by atoms with Gasteiger partial charge in [-0.3, -0.25) is 0 Å². The van der Waals surface area contributed by atoms with E-state index in [1.807, 2.05) is 0 Å². The summed E-state index contributed by atoms with van der Waals surface area (Å²) in [6.45, 7) is 1.19. The number of hydrogen-bond donors (Lipinski definition) is 1. The zero-order valence-corrected chi connectivity index (χ0v) is 8.92. The van der Waals surface area contributed by atoms with E-state index >= 15 is 0 Å². The lowest BCUT2D eigenvalue weighted by atomic mass is 10.3. The summed E-state index contributed by atoms with van der Waals surface area (Å²) in [6.07, 6.45) is -7.18. The number of rotatable bonds is 4. The van der Waals surface area contributed by atoms with Crippen LogP contribution in [0.2, 0.25) is 0 Å². The Bertz CT molecular complexity index is 381. The van der Waals surface area contributed by atoms with Gasteiger partial charge in [0.15, 0.2) is 0 Å². The molecule has 0 saturated heterocycles. The molecular weight excluding hydrogens is 242 g/mol. The molecule has 7 heteroatoms. The van der Waals surface area contributed by atoms with Crippen molar-refractivity contribution in [3.63, 3.8) is 0 Å². The highest BCUT2D eigenvalue weighted by Crippen LogP contribution is 2.29. The van der Waals surface area contributed by atoms with Crippen molar-refractivity contribution in [2.45, 2.75) is 19.4 Å². The van der Waals surface area contributed by atoms with Crippen molar-refractivity contribution in [1.82, 2.24) is 0 Å². The minimum absolute atomic E-state index is 0.0969. The molecule has 0 unspecified atom stereocenters. The van der Waals surface area contributed by atoms with Gasteiger partial charge in [-0.2, -0.15) is 13.2 Å². The van der Waals surface area contributed by atoms with Crippen LogP contribution in [-0.4, -0.2) is 19.1 Å². The summed E-state index contributed by atoms with van der Waals surface area (Å²) in [7, 11) is 0. The first-order valence-corrected chi connectivity index (χ1v) is 4.74. The van der Waals surface area contributed by atoms with E-state index in [2.05, 4.69) is 9.47 Å². The standard InChI is InChI=1S/C10H11F4NO2/c1-2-16-9(10(12,13)14)17-8-5-6(11)3-4-7(8)15/h3-5,9H,2,15H2,1H3/t9-/m1/s1. The van der Waals surface area contributed by atoms with Gasteiger partial charge >= 0.3 is 6.18 Å². The molecule has 2 N–H and O–H groups in total. The van der Waals surface area contributed by atoms with Gasteiger partial charge in [0.2, 0.25) is 0 Å². The molecule has 1 aromatic rings. The Kier molecular flexibility index (Phi) is 4.17. The fourth-order valence-electron chi connectivity index (χ4n) is 1.07. The molecule has 1 rings (SSSR count). The Labute approximate surface area is 95.1 Å². The molecule has 0 aliphatic carbocycles. The Balaban J connectivity index is 2.89. The van der Waals surface area contributed by atoms with Crippen LogP contribution >= 0.6 is 0 Å². The molecule has 0 aliphatic heterocycles.